The number of fused-ring (bicyclic) bond motifs is 3. The first-order valence-corrected chi connectivity index (χ1v) is 11.2. The summed E-state index contributed by atoms with van der Waals surface area (Å²) in [6, 6.07) is 10.3. The molecule has 1 aromatic heterocycles. The van der Waals surface area contributed by atoms with Gasteiger partial charge in [0.15, 0.2) is 11.5 Å². The maximum Gasteiger partial charge on any atom is 0.237 e. The molecule has 0 spiro atoms. The van der Waals surface area contributed by atoms with Gasteiger partial charge in [-0.3, -0.25) is 4.79 Å². The minimum Gasteiger partial charge on any atom is -0.454 e. The first-order chi connectivity index (χ1) is 15.0. The largest absolute Gasteiger partial charge is 0.454 e. The number of carbonyl (C=O) groups excluding carboxylic acids is 1. The molecule has 0 radical (unpaired) electrons. The van der Waals surface area contributed by atoms with Crippen LogP contribution in [-0.2, 0) is 23.1 Å². The molecule has 0 atom stereocenters. The Balaban J connectivity index is 1.39. The minimum atomic E-state index is -0.506. The lowest BCUT2D eigenvalue weighted by Crippen LogP contribution is -2.36. The van der Waals surface area contributed by atoms with Crippen molar-refractivity contribution in [1.82, 2.24) is 9.97 Å². The third kappa shape index (κ3) is 3.44. The van der Waals surface area contributed by atoms with Crippen LogP contribution in [0.4, 0.5) is 5.69 Å². The molecule has 0 aliphatic carbocycles. The molecule has 1 N–H and O–H groups in total. The Morgan fingerprint density at radius 2 is 1.94 bits per heavy atom. The van der Waals surface area contributed by atoms with Crippen molar-refractivity contribution in [2.75, 3.05) is 18.2 Å². The van der Waals surface area contributed by atoms with Crippen LogP contribution in [0.1, 0.15) is 57.0 Å². The number of carbonyl (C=O) groups is 1. The highest BCUT2D eigenvalue weighted by Gasteiger charge is 2.43. The van der Waals surface area contributed by atoms with Gasteiger partial charge in [0.1, 0.15) is 5.82 Å². The fourth-order valence-corrected chi connectivity index (χ4v) is 4.60. The Hall–Kier alpha value is -3.02. The summed E-state index contributed by atoms with van der Waals surface area (Å²) in [6.07, 6.45) is 4.97. The lowest BCUT2D eigenvalue weighted by molar-refractivity contribution is -0.122. The van der Waals surface area contributed by atoms with Gasteiger partial charge in [-0.15, -0.1) is 0 Å². The molecule has 2 aliphatic heterocycles. The number of rotatable bonds is 7. The summed E-state index contributed by atoms with van der Waals surface area (Å²) in [6.45, 7) is 7.30. The van der Waals surface area contributed by atoms with Gasteiger partial charge < -0.3 is 19.4 Å². The number of aryl methyl sites for hydroxylation is 2. The number of ether oxygens (including phenoxy) is 2. The van der Waals surface area contributed by atoms with Crippen molar-refractivity contribution in [3.63, 3.8) is 0 Å². The van der Waals surface area contributed by atoms with Gasteiger partial charge in [-0.2, -0.15) is 0 Å². The van der Waals surface area contributed by atoms with Crippen LogP contribution in [-0.4, -0.2) is 29.2 Å². The molecular weight excluding hydrogens is 390 g/mol. The standard InChI is InChI=1S/C25H29N3O3/c1-4-5-6-11-28-20-14-19-18(13-17(20)25(2,3)24(28)29)26-23(27-19)10-8-16-7-9-21-22(12-16)31-15-30-21/h7,9,12-14H,4-6,8,10-11,15H2,1-3H3,(H,26,27). The number of imidazole rings is 1. The number of aromatic nitrogens is 2. The van der Waals surface area contributed by atoms with Gasteiger partial charge >= 0.3 is 0 Å². The highest BCUT2D eigenvalue weighted by atomic mass is 16.7. The highest BCUT2D eigenvalue weighted by molar-refractivity contribution is 6.09. The molecule has 1 amide bonds. The topological polar surface area (TPSA) is 67.5 Å². The van der Waals surface area contributed by atoms with Gasteiger partial charge in [0, 0.05) is 13.0 Å². The number of benzene rings is 2. The molecule has 0 unspecified atom stereocenters. The van der Waals surface area contributed by atoms with E-state index in [2.05, 4.69) is 30.1 Å². The summed E-state index contributed by atoms with van der Waals surface area (Å²) < 4.78 is 10.9. The van der Waals surface area contributed by atoms with Crippen LogP contribution >= 0.6 is 0 Å². The second-order valence-corrected chi connectivity index (χ2v) is 9.05. The Morgan fingerprint density at radius 1 is 1.10 bits per heavy atom. The van der Waals surface area contributed by atoms with Crippen molar-refractivity contribution >= 4 is 22.6 Å². The van der Waals surface area contributed by atoms with E-state index < -0.39 is 5.41 Å². The quantitative estimate of drug-likeness (QED) is 0.554. The van der Waals surface area contributed by atoms with E-state index in [1.807, 2.05) is 30.9 Å². The first kappa shape index (κ1) is 19.9. The fourth-order valence-electron chi connectivity index (χ4n) is 4.60. The van der Waals surface area contributed by atoms with Crippen LogP contribution in [0.25, 0.3) is 11.0 Å². The third-order valence-electron chi connectivity index (χ3n) is 6.47. The Morgan fingerprint density at radius 3 is 2.77 bits per heavy atom. The zero-order chi connectivity index (χ0) is 21.6. The van der Waals surface area contributed by atoms with Crippen LogP contribution in [0.15, 0.2) is 30.3 Å². The number of amides is 1. The molecule has 6 heteroatoms. The van der Waals surface area contributed by atoms with Crippen LogP contribution < -0.4 is 14.4 Å². The third-order valence-corrected chi connectivity index (χ3v) is 6.47. The fraction of sp³-hybridized carbons (Fsp3) is 0.440. The predicted molar refractivity (Wildman–Crippen MR) is 121 cm³/mol. The van der Waals surface area contributed by atoms with Crippen LogP contribution in [0.3, 0.4) is 0 Å². The summed E-state index contributed by atoms with van der Waals surface area (Å²) >= 11 is 0. The number of H-pyrrole nitrogens is 1. The molecule has 2 aromatic carbocycles. The van der Waals surface area contributed by atoms with Crippen molar-refractivity contribution in [1.29, 1.82) is 0 Å². The Labute approximate surface area is 182 Å². The maximum atomic E-state index is 13.1. The molecule has 0 fully saturated rings. The average Bonchev–Trinajstić information content (AvgIpc) is 3.43. The molecule has 0 bridgehead atoms. The van der Waals surface area contributed by atoms with Gasteiger partial charge in [-0.25, -0.2) is 4.98 Å². The molecule has 31 heavy (non-hydrogen) atoms. The van der Waals surface area contributed by atoms with Crippen molar-refractivity contribution < 1.29 is 14.3 Å². The summed E-state index contributed by atoms with van der Waals surface area (Å²) in [4.78, 5) is 23.3. The molecular formula is C25H29N3O3. The van der Waals surface area contributed by atoms with Crippen molar-refractivity contribution in [2.45, 2.75) is 58.3 Å². The van der Waals surface area contributed by atoms with Gasteiger partial charge in [0.25, 0.3) is 0 Å². The SMILES string of the molecule is CCCCCN1C(=O)C(C)(C)c2cc3[nH]c(CCc4ccc5c(c4)OCO5)nc3cc21. The number of unbranched alkanes of at least 4 members (excludes halogenated alkanes) is 2. The van der Waals surface area contributed by atoms with E-state index in [0.29, 0.717) is 6.79 Å². The van der Waals surface area contributed by atoms with E-state index in [1.165, 1.54) is 5.56 Å². The average molecular weight is 420 g/mol. The summed E-state index contributed by atoms with van der Waals surface area (Å²) in [5, 5.41) is 0. The lowest BCUT2D eigenvalue weighted by atomic mass is 9.86. The van der Waals surface area contributed by atoms with Crippen LogP contribution in [0, 0.1) is 0 Å². The van der Waals surface area contributed by atoms with Gasteiger partial charge in [0.05, 0.1) is 22.1 Å². The normalized spacial score (nSPS) is 16.4. The molecule has 3 aromatic rings. The number of hydrogen-bond acceptors (Lipinski definition) is 4. The minimum absolute atomic E-state index is 0.189. The Kier molecular flexibility index (Phi) is 4.88. The van der Waals surface area contributed by atoms with Crippen molar-refractivity contribution in [2.24, 2.45) is 0 Å². The summed E-state index contributed by atoms with van der Waals surface area (Å²) in [7, 11) is 0. The number of aromatic amines is 1. The van der Waals surface area contributed by atoms with E-state index in [0.717, 1.165) is 78.3 Å². The second-order valence-electron chi connectivity index (χ2n) is 9.05. The Bertz CT molecular complexity index is 1150. The van der Waals surface area contributed by atoms with E-state index in [9.17, 15) is 4.79 Å². The van der Waals surface area contributed by atoms with Crippen molar-refractivity contribution in [3.8, 4) is 11.5 Å². The van der Waals surface area contributed by atoms with E-state index in [-0.39, 0.29) is 5.91 Å². The molecule has 5 rings (SSSR count). The molecule has 0 saturated heterocycles. The molecule has 2 aliphatic rings. The van der Waals surface area contributed by atoms with E-state index >= 15 is 0 Å². The predicted octanol–water partition coefficient (Wildman–Crippen LogP) is 4.89. The molecule has 0 saturated carbocycles. The molecule has 6 nitrogen and oxygen atoms in total. The monoisotopic (exact) mass is 419 g/mol. The molecule has 3 heterocycles. The zero-order valence-corrected chi connectivity index (χ0v) is 18.5. The number of nitrogens with zero attached hydrogens (tertiary/aromatic N) is 2. The van der Waals surface area contributed by atoms with Crippen molar-refractivity contribution in [3.05, 3.63) is 47.3 Å². The second kappa shape index (κ2) is 7.59. The van der Waals surface area contributed by atoms with Gasteiger partial charge in [-0.05, 0) is 62.1 Å². The number of hydrogen-bond donors (Lipinski definition) is 1. The van der Waals surface area contributed by atoms with Crippen LogP contribution in [0.5, 0.6) is 11.5 Å². The zero-order valence-electron chi connectivity index (χ0n) is 18.5. The van der Waals surface area contributed by atoms with E-state index in [4.69, 9.17) is 14.5 Å². The highest BCUT2D eigenvalue weighted by Crippen LogP contribution is 2.43. The lowest BCUT2D eigenvalue weighted by Gasteiger charge is -2.20. The summed E-state index contributed by atoms with van der Waals surface area (Å²) in [5.41, 5.74) is 4.72. The van der Waals surface area contributed by atoms with Gasteiger partial charge in [-0.1, -0.05) is 25.8 Å². The number of anilines is 1. The first-order valence-electron chi connectivity index (χ1n) is 11.2. The van der Waals surface area contributed by atoms with E-state index in [1.54, 1.807) is 0 Å². The summed E-state index contributed by atoms with van der Waals surface area (Å²) in [5.74, 6) is 2.77. The molecule has 162 valence electrons. The smallest absolute Gasteiger partial charge is 0.237 e. The maximum absolute atomic E-state index is 13.1. The number of nitrogens with one attached hydrogen (secondary N) is 1. The van der Waals surface area contributed by atoms with Crippen LogP contribution in [0.2, 0.25) is 0 Å². The van der Waals surface area contributed by atoms with Gasteiger partial charge in [0.2, 0.25) is 12.7 Å².